The zero-order chi connectivity index (χ0) is 18.8. The first-order chi connectivity index (χ1) is 13.1. The van der Waals surface area contributed by atoms with Gasteiger partial charge in [-0.3, -0.25) is 14.7 Å². The van der Waals surface area contributed by atoms with E-state index in [-0.39, 0.29) is 11.3 Å². The van der Waals surface area contributed by atoms with E-state index in [2.05, 4.69) is 19.9 Å². The number of phenolic OH excluding ortho intramolecular Hbond substituents is 1. The minimum atomic E-state index is -0.0974. The number of benzene rings is 1. The number of H-pyrrole nitrogens is 1. The third kappa shape index (κ3) is 3.54. The van der Waals surface area contributed by atoms with E-state index in [1.807, 2.05) is 24.3 Å². The summed E-state index contributed by atoms with van der Waals surface area (Å²) in [4.78, 5) is 26.3. The number of aromatic nitrogens is 3. The quantitative estimate of drug-likeness (QED) is 0.737. The third-order valence-electron chi connectivity index (χ3n) is 4.75. The Morgan fingerprint density at radius 3 is 2.85 bits per heavy atom. The van der Waals surface area contributed by atoms with Crippen molar-refractivity contribution in [3.63, 3.8) is 0 Å². The molecule has 0 spiro atoms. The smallest absolute Gasteiger partial charge is 0.255 e. The van der Waals surface area contributed by atoms with Gasteiger partial charge in [0, 0.05) is 44.0 Å². The molecule has 0 aliphatic carbocycles. The molecule has 2 aromatic heterocycles. The van der Waals surface area contributed by atoms with E-state index in [1.54, 1.807) is 18.5 Å². The Hall–Kier alpha value is -3.19. The van der Waals surface area contributed by atoms with Gasteiger partial charge in [0.15, 0.2) is 11.5 Å². The number of hydrogen-bond acceptors (Lipinski definition) is 6. The summed E-state index contributed by atoms with van der Waals surface area (Å²) in [6.07, 6.45) is 4.08. The second-order valence-corrected chi connectivity index (χ2v) is 6.54. The van der Waals surface area contributed by atoms with Crippen LogP contribution in [0.15, 0.2) is 47.5 Å². The number of aromatic amines is 1. The second-order valence-electron chi connectivity index (χ2n) is 6.54. The summed E-state index contributed by atoms with van der Waals surface area (Å²) in [5.74, 6) is 1.15. The Morgan fingerprint density at radius 2 is 2.07 bits per heavy atom. The maximum atomic E-state index is 12.6. The van der Waals surface area contributed by atoms with E-state index >= 15 is 0 Å². The van der Waals surface area contributed by atoms with E-state index in [9.17, 15) is 9.90 Å². The summed E-state index contributed by atoms with van der Waals surface area (Å²) in [6, 6.07) is 8.97. The average Bonchev–Trinajstić information content (AvgIpc) is 2.70. The molecule has 0 amide bonds. The van der Waals surface area contributed by atoms with Crippen LogP contribution in [0.3, 0.4) is 0 Å². The molecule has 3 heterocycles. The SMILES string of the molecule is COc1cc(CN2CCc3nc(-c4ccncc4)[nH]c(=O)c3C2)ccc1O. The zero-order valence-corrected chi connectivity index (χ0v) is 15.0. The molecule has 1 aromatic carbocycles. The van der Waals surface area contributed by atoms with Crippen molar-refractivity contribution in [2.75, 3.05) is 13.7 Å². The lowest BCUT2D eigenvalue weighted by molar-refractivity contribution is 0.241. The number of nitrogens with one attached hydrogen (secondary N) is 1. The topological polar surface area (TPSA) is 91.3 Å². The highest BCUT2D eigenvalue weighted by atomic mass is 16.5. The van der Waals surface area contributed by atoms with Gasteiger partial charge >= 0.3 is 0 Å². The normalized spacial score (nSPS) is 14.0. The molecule has 3 aromatic rings. The van der Waals surface area contributed by atoms with Crippen LogP contribution < -0.4 is 10.3 Å². The summed E-state index contributed by atoms with van der Waals surface area (Å²) in [5, 5.41) is 9.73. The van der Waals surface area contributed by atoms with E-state index in [0.717, 1.165) is 23.4 Å². The van der Waals surface area contributed by atoms with Crippen LogP contribution in [0.1, 0.15) is 16.8 Å². The highest BCUT2D eigenvalue weighted by molar-refractivity contribution is 5.54. The maximum absolute atomic E-state index is 12.6. The van der Waals surface area contributed by atoms with Gasteiger partial charge in [-0.2, -0.15) is 0 Å². The van der Waals surface area contributed by atoms with Gasteiger partial charge in [0.2, 0.25) is 0 Å². The third-order valence-corrected chi connectivity index (χ3v) is 4.75. The summed E-state index contributed by atoms with van der Waals surface area (Å²) in [7, 11) is 1.53. The highest BCUT2D eigenvalue weighted by Gasteiger charge is 2.22. The van der Waals surface area contributed by atoms with Crippen LogP contribution >= 0.6 is 0 Å². The van der Waals surface area contributed by atoms with E-state index in [4.69, 9.17) is 4.74 Å². The fourth-order valence-corrected chi connectivity index (χ4v) is 3.34. The molecule has 0 saturated heterocycles. The number of phenols is 1. The van der Waals surface area contributed by atoms with Crippen molar-refractivity contribution in [2.45, 2.75) is 19.5 Å². The van der Waals surface area contributed by atoms with Crippen LogP contribution in [0.2, 0.25) is 0 Å². The van der Waals surface area contributed by atoms with Crippen LogP contribution in [-0.2, 0) is 19.5 Å². The number of hydrogen-bond donors (Lipinski definition) is 2. The summed E-state index contributed by atoms with van der Waals surface area (Å²) in [6.45, 7) is 2.02. The van der Waals surface area contributed by atoms with Crippen molar-refractivity contribution >= 4 is 0 Å². The van der Waals surface area contributed by atoms with E-state index in [0.29, 0.717) is 36.6 Å². The number of rotatable bonds is 4. The number of nitrogens with zero attached hydrogens (tertiary/aromatic N) is 3. The molecule has 0 unspecified atom stereocenters. The highest BCUT2D eigenvalue weighted by Crippen LogP contribution is 2.27. The molecule has 1 aliphatic rings. The van der Waals surface area contributed by atoms with Gasteiger partial charge in [0.25, 0.3) is 5.56 Å². The fraction of sp³-hybridized carbons (Fsp3) is 0.250. The van der Waals surface area contributed by atoms with Crippen LogP contribution in [0, 0.1) is 0 Å². The van der Waals surface area contributed by atoms with Crippen LogP contribution in [0.5, 0.6) is 11.5 Å². The largest absolute Gasteiger partial charge is 0.504 e. The number of ether oxygens (including phenoxy) is 1. The Balaban J connectivity index is 1.56. The van der Waals surface area contributed by atoms with Crippen molar-refractivity contribution in [1.82, 2.24) is 19.9 Å². The molecule has 0 bridgehead atoms. The van der Waals surface area contributed by atoms with E-state index < -0.39 is 0 Å². The van der Waals surface area contributed by atoms with Crippen molar-refractivity contribution in [3.8, 4) is 22.9 Å². The van der Waals surface area contributed by atoms with Gasteiger partial charge in [-0.25, -0.2) is 4.98 Å². The number of fused-ring (bicyclic) bond motifs is 1. The first-order valence-electron chi connectivity index (χ1n) is 8.75. The second kappa shape index (κ2) is 7.20. The van der Waals surface area contributed by atoms with Gasteiger partial charge in [0.1, 0.15) is 5.82 Å². The Kier molecular flexibility index (Phi) is 4.60. The molecule has 0 saturated carbocycles. The van der Waals surface area contributed by atoms with Crippen molar-refractivity contribution in [2.24, 2.45) is 0 Å². The molecule has 138 valence electrons. The Morgan fingerprint density at radius 1 is 1.26 bits per heavy atom. The molecule has 7 heteroatoms. The van der Waals surface area contributed by atoms with Crippen molar-refractivity contribution in [1.29, 1.82) is 0 Å². The minimum absolute atomic E-state index is 0.0974. The Bertz CT molecular complexity index is 1020. The molecule has 0 atom stereocenters. The van der Waals surface area contributed by atoms with Crippen molar-refractivity contribution < 1.29 is 9.84 Å². The molecular formula is C20H20N4O3. The number of aromatic hydroxyl groups is 1. The minimum Gasteiger partial charge on any atom is -0.504 e. The molecular weight excluding hydrogens is 344 g/mol. The standard InChI is InChI=1S/C20H20N4O3/c1-27-18-10-13(2-3-17(18)25)11-24-9-6-16-15(12-24)20(26)23-19(22-16)14-4-7-21-8-5-14/h2-5,7-8,10,25H,6,9,11-12H2,1H3,(H,22,23,26). The van der Waals surface area contributed by atoms with Crippen LogP contribution in [-0.4, -0.2) is 38.6 Å². The molecule has 0 radical (unpaired) electrons. The molecule has 2 N–H and O–H groups in total. The lowest BCUT2D eigenvalue weighted by atomic mass is 10.1. The predicted molar refractivity (Wildman–Crippen MR) is 101 cm³/mol. The zero-order valence-electron chi connectivity index (χ0n) is 15.0. The predicted octanol–water partition coefficient (Wildman–Crippen LogP) is 2.10. The van der Waals surface area contributed by atoms with Gasteiger partial charge < -0.3 is 14.8 Å². The fourth-order valence-electron chi connectivity index (χ4n) is 3.34. The van der Waals surface area contributed by atoms with Gasteiger partial charge in [-0.1, -0.05) is 6.07 Å². The average molecular weight is 364 g/mol. The summed E-state index contributed by atoms with van der Waals surface area (Å²) in [5.41, 5.74) is 3.34. The van der Waals surface area contributed by atoms with Crippen LogP contribution in [0.25, 0.3) is 11.4 Å². The number of methoxy groups -OCH3 is 1. The van der Waals surface area contributed by atoms with Gasteiger partial charge in [0.05, 0.1) is 18.4 Å². The van der Waals surface area contributed by atoms with Crippen molar-refractivity contribution in [3.05, 3.63) is 69.9 Å². The number of pyridine rings is 1. The Labute approximate surface area is 156 Å². The summed E-state index contributed by atoms with van der Waals surface area (Å²) < 4.78 is 5.17. The molecule has 7 nitrogen and oxygen atoms in total. The summed E-state index contributed by atoms with van der Waals surface area (Å²) >= 11 is 0. The maximum Gasteiger partial charge on any atom is 0.255 e. The lowest BCUT2D eigenvalue weighted by Crippen LogP contribution is -2.35. The molecule has 27 heavy (non-hydrogen) atoms. The van der Waals surface area contributed by atoms with Crippen LogP contribution in [0.4, 0.5) is 0 Å². The molecule has 4 rings (SSSR count). The lowest BCUT2D eigenvalue weighted by Gasteiger charge is -2.27. The first-order valence-corrected chi connectivity index (χ1v) is 8.75. The first kappa shape index (κ1) is 17.2. The monoisotopic (exact) mass is 364 g/mol. The van der Waals surface area contributed by atoms with Gasteiger partial charge in [-0.05, 0) is 29.8 Å². The molecule has 0 fully saturated rings. The molecule has 1 aliphatic heterocycles. The van der Waals surface area contributed by atoms with Gasteiger partial charge in [-0.15, -0.1) is 0 Å². The van der Waals surface area contributed by atoms with E-state index in [1.165, 1.54) is 7.11 Å².